The van der Waals surface area contributed by atoms with E-state index < -0.39 is 0 Å². The Morgan fingerprint density at radius 1 is 1.22 bits per heavy atom. The van der Waals surface area contributed by atoms with E-state index in [0.717, 1.165) is 38.8 Å². The minimum Gasteiger partial charge on any atom is -0.376 e. The monoisotopic (exact) mass is 323 g/mol. The smallest absolute Gasteiger partial charge is 0.240 e. The van der Waals surface area contributed by atoms with Crippen molar-refractivity contribution in [3.63, 3.8) is 0 Å². The molecule has 0 aromatic heterocycles. The van der Waals surface area contributed by atoms with Gasteiger partial charge in [0.05, 0.1) is 18.6 Å². The third-order valence-corrected chi connectivity index (χ3v) is 5.19. The van der Waals surface area contributed by atoms with Gasteiger partial charge in [0, 0.05) is 32.3 Å². The molecule has 2 saturated heterocycles. The Balaban J connectivity index is 1.46. The number of hydrogen-bond donors (Lipinski definition) is 2. The van der Waals surface area contributed by atoms with Crippen molar-refractivity contribution in [1.82, 2.24) is 15.5 Å². The minimum absolute atomic E-state index is 0.00159. The number of carbonyl (C=O) groups is 2. The molecule has 0 bridgehead atoms. The van der Waals surface area contributed by atoms with E-state index >= 15 is 0 Å². The molecule has 2 amide bonds. The first-order valence-corrected chi connectivity index (χ1v) is 9.15. The fraction of sp³-hybridized carbons (Fsp3) is 0.882. The van der Waals surface area contributed by atoms with E-state index in [-0.39, 0.29) is 30.4 Å². The average Bonchev–Trinajstić information content (AvgIpc) is 3.05. The van der Waals surface area contributed by atoms with Crippen LogP contribution in [0.3, 0.4) is 0 Å². The molecule has 3 fully saturated rings. The largest absolute Gasteiger partial charge is 0.376 e. The average molecular weight is 323 g/mol. The third-order valence-electron chi connectivity index (χ3n) is 5.19. The molecule has 2 aliphatic heterocycles. The standard InChI is InChI=1S/C17H29N3O3/c21-16(19-13-5-2-1-3-6-13)11-15-17(22)20(9-8-18-15)12-14-7-4-10-23-14/h13-15,18H,1-12H2,(H,19,21). The first-order chi connectivity index (χ1) is 11.2. The Labute approximate surface area is 138 Å². The summed E-state index contributed by atoms with van der Waals surface area (Å²) in [6, 6.07) is -0.0771. The van der Waals surface area contributed by atoms with Crippen LogP contribution in [0, 0.1) is 0 Å². The molecule has 2 heterocycles. The Kier molecular flexibility index (Phi) is 5.89. The zero-order valence-corrected chi connectivity index (χ0v) is 13.9. The molecular formula is C17H29N3O3. The van der Waals surface area contributed by atoms with Gasteiger partial charge in [0.15, 0.2) is 0 Å². The van der Waals surface area contributed by atoms with E-state index in [1.54, 1.807) is 0 Å². The summed E-state index contributed by atoms with van der Waals surface area (Å²) in [6.45, 7) is 2.93. The fourth-order valence-electron chi connectivity index (χ4n) is 3.89. The molecule has 23 heavy (non-hydrogen) atoms. The van der Waals surface area contributed by atoms with Crippen LogP contribution in [0.5, 0.6) is 0 Å². The van der Waals surface area contributed by atoms with E-state index in [1.807, 2.05) is 4.90 Å². The van der Waals surface area contributed by atoms with Crippen LogP contribution in [-0.4, -0.2) is 61.1 Å². The molecule has 1 saturated carbocycles. The highest BCUT2D eigenvalue weighted by atomic mass is 16.5. The van der Waals surface area contributed by atoms with E-state index in [4.69, 9.17) is 4.74 Å². The number of nitrogens with one attached hydrogen (secondary N) is 2. The zero-order chi connectivity index (χ0) is 16.1. The van der Waals surface area contributed by atoms with Gasteiger partial charge < -0.3 is 20.3 Å². The maximum atomic E-state index is 12.6. The SMILES string of the molecule is O=C(CC1NCCN(CC2CCCO2)C1=O)NC1CCCCC1. The normalized spacial score (nSPS) is 29.7. The number of nitrogens with zero attached hydrogens (tertiary/aromatic N) is 1. The number of piperazine rings is 1. The lowest BCUT2D eigenvalue weighted by Crippen LogP contribution is -2.57. The van der Waals surface area contributed by atoms with E-state index in [0.29, 0.717) is 19.1 Å². The molecule has 3 rings (SSSR count). The van der Waals surface area contributed by atoms with Crippen molar-refractivity contribution in [3.8, 4) is 0 Å². The van der Waals surface area contributed by atoms with Gasteiger partial charge in [-0.2, -0.15) is 0 Å². The Bertz CT molecular complexity index is 417. The van der Waals surface area contributed by atoms with Gasteiger partial charge >= 0.3 is 0 Å². The van der Waals surface area contributed by atoms with Crippen molar-refractivity contribution in [2.75, 3.05) is 26.2 Å². The number of hydrogen-bond acceptors (Lipinski definition) is 4. The quantitative estimate of drug-likeness (QED) is 0.785. The highest BCUT2D eigenvalue weighted by Crippen LogP contribution is 2.18. The maximum Gasteiger partial charge on any atom is 0.240 e. The molecule has 3 aliphatic rings. The first-order valence-electron chi connectivity index (χ1n) is 9.15. The summed E-state index contributed by atoms with van der Waals surface area (Å²) in [6.07, 6.45) is 8.34. The van der Waals surface area contributed by atoms with Crippen molar-refractivity contribution >= 4 is 11.8 Å². The van der Waals surface area contributed by atoms with E-state index in [9.17, 15) is 9.59 Å². The molecule has 130 valence electrons. The van der Waals surface area contributed by atoms with Gasteiger partial charge in [-0.3, -0.25) is 9.59 Å². The van der Waals surface area contributed by atoms with Crippen LogP contribution in [0.4, 0.5) is 0 Å². The van der Waals surface area contributed by atoms with Crippen LogP contribution < -0.4 is 10.6 Å². The summed E-state index contributed by atoms with van der Waals surface area (Å²) < 4.78 is 5.63. The lowest BCUT2D eigenvalue weighted by Gasteiger charge is -2.34. The number of amides is 2. The summed E-state index contributed by atoms with van der Waals surface area (Å²) in [5.74, 6) is 0.0484. The van der Waals surface area contributed by atoms with Crippen molar-refractivity contribution in [2.45, 2.75) is 69.6 Å². The Morgan fingerprint density at radius 3 is 2.78 bits per heavy atom. The van der Waals surface area contributed by atoms with Gasteiger partial charge in [-0.25, -0.2) is 0 Å². The van der Waals surface area contributed by atoms with Crippen LogP contribution in [0.15, 0.2) is 0 Å². The number of carbonyl (C=O) groups excluding carboxylic acids is 2. The summed E-state index contributed by atoms with van der Waals surface area (Å²) in [7, 11) is 0. The van der Waals surface area contributed by atoms with Gasteiger partial charge in [-0.1, -0.05) is 19.3 Å². The molecule has 2 atom stereocenters. The maximum absolute atomic E-state index is 12.6. The molecule has 2 unspecified atom stereocenters. The molecule has 0 aromatic carbocycles. The lowest BCUT2D eigenvalue weighted by atomic mass is 9.95. The highest BCUT2D eigenvalue weighted by Gasteiger charge is 2.32. The molecule has 1 aliphatic carbocycles. The van der Waals surface area contributed by atoms with Gasteiger partial charge in [-0.05, 0) is 25.7 Å². The lowest BCUT2D eigenvalue weighted by molar-refractivity contribution is -0.139. The van der Waals surface area contributed by atoms with Crippen molar-refractivity contribution in [2.24, 2.45) is 0 Å². The van der Waals surface area contributed by atoms with Crippen LogP contribution in [0.1, 0.15) is 51.4 Å². The fourth-order valence-corrected chi connectivity index (χ4v) is 3.89. The summed E-state index contributed by atoms with van der Waals surface area (Å²) in [5, 5.41) is 6.30. The molecule has 0 aromatic rings. The summed E-state index contributed by atoms with van der Waals surface area (Å²) in [5.41, 5.74) is 0. The van der Waals surface area contributed by atoms with Gasteiger partial charge in [0.25, 0.3) is 0 Å². The summed E-state index contributed by atoms with van der Waals surface area (Å²) >= 11 is 0. The van der Waals surface area contributed by atoms with Gasteiger partial charge in [0.2, 0.25) is 11.8 Å². The van der Waals surface area contributed by atoms with E-state index in [2.05, 4.69) is 10.6 Å². The van der Waals surface area contributed by atoms with Gasteiger partial charge in [-0.15, -0.1) is 0 Å². The second-order valence-electron chi connectivity index (χ2n) is 7.03. The predicted octanol–water partition coefficient (Wildman–Crippen LogP) is 0.805. The number of rotatable bonds is 5. The number of ether oxygens (including phenoxy) is 1. The van der Waals surface area contributed by atoms with Crippen molar-refractivity contribution < 1.29 is 14.3 Å². The highest BCUT2D eigenvalue weighted by molar-refractivity contribution is 5.89. The van der Waals surface area contributed by atoms with E-state index in [1.165, 1.54) is 19.3 Å². The van der Waals surface area contributed by atoms with Crippen LogP contribution in [0.2, 0.25) is 0 Å². The van der Waals surface area contributed by atoms with Crippen LogP contribution in [-0.2, 0) is 14.3 Å². The predicted molar refractivity (Wildman–Crippen MR) is 87.0 cm³/mol. The second-order valence-corrected chi connectivity index (χ2v) is 7.03. The van der Waals surface area contributed by atoms with Crippen LogP contribution in [0.25, 0.3) is 0 Å². The molecular weight excluding hydrogens is 294 g/mol. The second kappa shape index (κ2) is 8.11. The zero-order valence-electron chi connectivity index (χ0n) is 13.9. The molecule has 2 N–H and O–H groups in total. The topological polar surface area (TPSA) is 70.7 Å². The van der Waals surface area contributed by atoms with Crippen molar-refractivity contribution in [3.05, 3.63) is 0 Å². The van der Waals surface area contributed by atoms with Crippen LogP contribution >= 0.6 is 0 Å². The Morgan fingerprint density at radius 2 is 2.04 bits per heavy atom. The minimum atomic E-state index is -0.381. The molecule has 0 spiro atoms. The third kappa shape index (κ3) is 4.67. The molecule has 6 nitrogen and oxygen atoms in total. The summed E-state index contributed by atoms with van der Waals surface area (Å²) in [4.78, 5) is 26.7. The Hall–Kier alpha value is -1.14. The first kappa shape index (κ1) is 16.7. The van der Waals surface area contributed by atoms with Crippen molar-refractivity contribution in [1.29, 1.82) is 0 Å². The molecule has 6 heteroatoms. The molecule has 0 radical (unpaired) electrons. The van der Waals surface area contributed by atoms with Gasteiger partial charge in [0.1, 0.15) is 0 Å².